The molecule has 4 rings (SSSR count). The number of aromatic carboxylic acids is 1. The van der Waals surface area contributed by atoms with E-state index in [0.29, 0.717) is 34.8 Å². The summed E-state index contributed by atoms with van der Waals surface area (Å²) in [5.41, 5.74) is -1.71. The van der Waals surface area contributed by atoms with Crippen LogP contribution in [0.3, 0.4) is 0 Å². The molecule has 1 atom stereocenters. The highest BCUT2D eigenvalue weighted by Crippen LogP contribution is 2.45. The van der Waals surface area contributed by atoms with E-state index in [4.69, 9.17) is 23.1 Å². The summed E-state index contributed by atoms with van der Waals surface area (Å²) in [7, 11) is -3.17. The molecule has 292 valence electrons. The number of methoxy groups -OCH3 is 1. The van der Waals surface area contributed by atoms with Crippen LogP contribution in [-0.4, -0.2) is 57.6 Å². The highest BCUT2D eigenvalue weighted by Gasteiger charge is 2.48. The molecular formula is C41H42BrFO12. The number of ether oxygens (including phenoxy) is 4. The van der Waals surface area contributed by atoms with Crippen molar-refractivity contribution in [2.24, 2.45) is 0 Å². The number of carbonyl (C=O) groups excluding carboxylic acids is 4. The highest BCUT2D eigenvalue weighted by atomic mass is 79.9. The summed E-state index contributed by atoms with van der Waals surface area (Å²) in [6.07, 6.45) is 1.92. The maximum Gasteiger partial charge on any atom is 0.356 e. The van der Waals surface area contributed by atoms with Gasteiger partial charge < -0.3 is 34.3 Å². The molecule has 0 spiro atoms. The Hall–Kier alpha value is -5.34. The van der Waals surface area contributed by atoms with Crippen LogP contribution >= 0.6 is 15.9 Å². The third-order valence-electron chi connectivity index (χ3n) is 10.2. The number of aromatic hydroxyl groups is 1. The molecule has 0 fully saturated rings. The van der Waals surface area contributed by atoms with Crippen LogP contribution in [-0.2, 0) is 27.2 Å². The van der Waals surface area contributed by atoms with Crippen LogP contribution in [0.2, 0.25) is 0 Å². The molecule has 0 saturated carbocycles. The largest absolute Gasteiger partial charge is 0.506 e. The van der Waals surface area contributed by atoms with E-state index in [0.717, 1.165) is 6.08 Å². The van der Waals surface area contributed by atoms with Gasteiger partial charge in [0.15, 0.2) is 23.1 Å². The molecule has 14 heteroatoms. The smallest absolute Gasteiger partial charge is 0.356 e. The molecule has 0 bridgehead atoms. The number of hydrogen-bond donors (Lipinski definition) is 3. The van der Waals surface area contributed by atoms with Crippen molar-refractivity contribution in [3.8, 4) is 23.0 Å². The van der Waals surface area contributed by atoms with Gasteiger partial charge in [-0.25, -0.2) is 23.6 Å². The lowest BCUT2D eigenvalue weighted by Gasteiger charge is -2.30. The van der Waals surface area contributed by atoms with E-state index < -0.39 is 76.7 Å². The predicted molar refractivity (Wildman–Crippen MR) is 202 cm³/mol. The zero-order valence-electron chi connectivity index (χ0n) is 34.8. The molecule has 0 unspecified atom stereocenters. The van der Waals surface area contributed by atoms with Crippen molar-refractivity contribution in [1.82, 2.24) is 0 Å². The molecule has 0 aromatic heterocycles. The standard InChI is InChI=1S/C41H42BrFO12/c1-12-25-21(8)28(37(46)47)17(4)19(6)34(25)53-38(48)29-22(9)26(13-2)36(32(43)23(29)10)54-39(49)30-18(5)20(7)35(31(42)33(30)45)55-40(50)41(51)16(3)14-24(44)15-27(41)52-11/h14-15,45,51H,12-13H2,1-11H3,(H,46,47)/t41-/m1/s1/i11D3. The average molecular weight is 829 g/mol. The molecule has 1 aliphatic rings. The Morgan fingerprint density at radius 2 is 1.25 bits per heavy atom. The molecule has 0 heterocycles. The molecule has 0 amide bonds. The number of phenolic OH excluding ortho intramolecular Hbond substituents is 1. The second-order valence-corrected chi connectivity index (χ2v) is 13.9. The Balaban J connectivity index is 1.74. The van der Waals surface area contributed by atoms with Crippen molar-refractivity contribution in [2.75, 3.05) is 7.04 Å². The van der Waals surface area contributed by atoms with E-state index in [9.17, 15) is 39.3 Å². The van der Waals surface area contributed by atoms with Gasteiger partial charge in [-0.1, -0.05) is 13.8 Å². The fourth-order valence-electron chi connectivity index (χ4n) is 6.82. The molecule has 1 aliphatic carbocycles. The van der Waals surface area contributed by atoms with Crippen molar-refractivity contribution in [3.05, 3.63) is 101 Å². The van der Waals surface area contributed by atoms with Gasteiger partial charge in [-0.2, -0.15) is 0 Å². The number of allylic oxidation sites excluding steroid dienone is 2. The summed E-state index contributed by atoms with van der Waals surface area (Å²) in [5.74, 6) is -9.09. The van der Waals surface area contributed by atoms with Crippen molar-refractivity contribution in [2.45, 2.75) is 87.7 Å². The number of halogens is 2. The van der Waals surface area contributed by atoms with E-state index in [1.807, 2.05) is 0 Å². The fraction of sp³-hybridized carbons (Fsp3) is 0.341. The van der Waals surface area contributed by atoms with Crippen molar-refractivity contribution in [3.63, 3.8) is 0 Å². The number of phenols is 1. The molecule has 12 nitrogen and oxygen atoms in total. The minimum Gasteiger partial charge on any atom is -0.506 e. The summed E-state index contributed by atoms with van der Waals surface area (Å²) in [6.45, 7) is 15.0. The van der Waals surface area contributed by atoms with Crippen LogP contribution in [0.15, 0.2) is 28.0 Å². The third-order valence-corrected chi connectivity index (χ3v) is 10.9. The first-order valence-corrected chi connectivity index (χ1v) is 17.8. The summed E-state index contributed by atoms with van der Waals surface area (Å²) in [5, 5.41) is 32.5. The summed E-state index contributed by atoms with van der Waals surface area (Å²) < 4.78 is 60.0. The van der Waals surface area contributed by atoms with Gasteiger partial charge >= 0.3 is 23.9 Å². The van der Waals surface area contributed by atoms with Gasteiger partial charge in [0.1, 0.15) is 27.3 Å². The maximum atomic E-state index is 16.4. The number of esters is 3. The molecule has 0 radical (unpaired) electrons. The van der Waals surface area contributed by atoms with Crippen LogP contribution in [0.4, 0.5) is 4.39 Å². The summed E-state index contributed by atoms with van der Waals surface area (Å²) in [4.78, 5) is 65.3. The quantitative estimate of drug-likeness (QED) is 0.136. The Morgan fingerprint density at radius 1 is 0.745 bits per heavy atom. The zero-order chi connectivity index (χ0) is 44.1. The van der Waals surface area contributed by atoms with Crippen molar-refractivity contribution in [1.29, 1.82) is 0 Å². The van der Waals surface area contributed by atoms with Gasteiger partial charge in [-0.15, -0.1) is 0 Å². The lowest BCUT2D eigenvalue weighted by molar-refractivity contribution is -0.151. The SMILES string of the molecule is [2H]C([2H])([2H])OC1=CC(=O)C=C(C)[C@]1(O)C(=O)Oc1c(C)c(C)c(C(=O)Oc2c(F)c(C)c(C(=O)Oc3c(C)c(C)c(C(=O)O)c(C)c3CC)c(C)c2CC)c(O)c1Br. The summed E-state index contributed by atoms with van der Waals surface area (Å²) in [6, 6.07) is 0. The van der Waals surface area contributed by atoms with Gasteiger partial charge in [0.25, 0.3) is 0 Å². The van der Waals surface area contributed by atoms with E-state index in [-0.39, 0.29) is 61.2 Å². The molecule has 3 aromatic carbocycles. The maximum absolute atomic E-state index is 16.4. The average Bonchev–Trinajstić information content (AvgIpc) is 3.12. The second-order valence-electron chi connectivity index (χ2n) is 13.2. The van der Waals surface area contributed by atoms with Gasteiger partial charge in [0.05, 0.1) is 22.3 Å². The highest BCUT2D eigenvalue weighted by molar-refractivity contribution is 9.10. The normalized spacial score (nSPS) is 16.3. The van der Waals surface area contributed by atoms with E-state index in [1.54, 1.807) is 34.6 Å². The van der Waals surface area contributed by atoms with Crippen molar-refractivity contribution >= 4 is 45.6 Å². The number of carboxylic acid groups (broad SMARTS) is 1. The number of rotatable bonds is 10. The zero-order valence-corrected chi connectivity index (χ0v) is 33.4. The fourth-order valence-corrected chi connectivity index (χ4v) is 7.40. The number of carboxylic acids is 1. The van der Waals surface area contributed by atoms with E-state index in [1.165, 1.54) is 34.6 Å². The molecule has 0 saturated heterocycles. The second kappa shape index (κ2) is 15.8. The van der Waals surface area contributed by atoms with Gasteiger partial charge in [-0.3, -0.25) is 4.79 Å². The number of ketones is 1. The molecule has 55 heavy (non-hydrogen) atoms. The minimum absolute atomic E-state index is 0.00483. The first-order valence-electron chi connectivity index (χ1n) is 18.5. The first kappa shape index (κ1) is 38.0. The number of hydrogen-bond acceptors (Lipinski definition) is 11. The Kier molecular flexibility index (Phi) is 10.9. The molecule has 3 aromatic rings. The van der Waals surface area contributed by atoms with Crippen LogP contribution in [0.25, 0.3) is 0 Å². The number of aliphatic hydroxyl groups is 1. The minimum atomic E-state index is -3.17. The number of benzene rings is 3. The Morgan fingerprint density at radius 3 is 1.82 bits per heavy atom. The van der Waals surface area contributed by atoms with Crippen LogP contribution in [0, 0.1) is 54.3 Å². The number of carbonyl (C=O) groups is 5. The van der Waals surface area contributed by atoms with Crippen LogP contribution in [0.1, 0.15) is 106 Å². The molecular weight excluding hydrogens is 783 g/mol. The van der Waals surface area contributed by atoms with Crippen molar-refractivity contribution < 1.29 is 66.7 Å². The monoisotopic (exact) mass is 827 g/mol. The molecule has 3 N–H and O–H groups in total. The lowest BCUT2D eigenvalue weighted by Crippen LogP contribution is -2.47. The summed E-state index contributed by atoms with van der Waals surface area (Å²) >= 11 is 3.11. The molecule has 0 aliphatic heterocycles. The van der Waals surface area contributed by atoms with Gasteiger partial charge in [-0.05, 0) is 135 Å². The first-order chi connectivity index (χ1) is 26.8. The Labute approximate surface area is 329 Å². The Bertz CT molecular complexity index is 2370. The van der Waals surface area contributed by atoms with Gasteiger partial charge in [0, 0.05) is 17.2 Å². The van der Waals surface area contributed by atoms with E-state index >= 15 is 4.39 Å². The predicted octanol–water partition coefficient (Wildman–Crippen LogP) is 7.41. The third kappa shape index (κ3) is 7.04. The van der Waals surface area contributed by atoms with Gasteiger partial charge in [0.2, 0.25) is 5.60 Å². The van der Waals surface area contributed by atoms with Crippen LogP contribution < -0.4 is 14.2 Å². The lowest BCUT2D eigenvalue weighted by atomic mass is 9.87. The topological polar surface area (TPSA) is 183 Å². The van der Waals surface area contributed by atoms with E-state index in [2.05, 4.69) is 15.9 Å². The van der Waals surface area contributed by atoms with Crippen LogP contribution in [0.5, 0.6) is 23.0 Å².